The molecule has 2 N–H and O–H groups in total. The molecular formula is C34H32F2N2O6. The number of nitrogens with zero attached hydrogens (tertiary/aromatic N) is 1. The Balaban J connectivity index is 1.85. The number of rotatable bonds is 8. The summed E-state index contributed by atoms with van der Waals surface area (Å²) in [6.07, 6.45) is -0.00614. The number of ketones is 1. The molecule has 0 bridgehead atoms. The van der Waals surface area contributed by atoms with Gasteiger partial charge >= 0.3 is 11.9 Å². The molecule has 0 unspecified atom stereocenters. The quantitative estimate of drug-likeness (QED) is 0.266. The molecule has 1 heterocycles. The lowest BCUT2D eigenvalue weighted by Gasteiger charge is -2.44. The Morgan fingerprint density at radius 2 is 1.61 bits per heavy atom. The van der Waals surface area contributed by atoms with E-state index >= 15 is 8.78 Å². The minimum atomic E-state index is -1.36. The summed E-state index contributed by atoms with van der Waals surface area (Å²) in [5, 5.41) is 0. The molecule has 3 atom stereocenters. The van der Waals surface area contributed by atoms with Crippen LogP contribution in [-0.4, -0.2) is 38.0 Å². The van der Waals surface area contributed by atoms with Gasteiger partial charge in [0.2, 0.25) is 0 Å². The molecule has 0 saturated heterocycles. The van der Waals surface area contributed by atoms with Crippen LogP contribution in [0.2, 0.25) is 0 Å². The molecule has 1 aliphatic heterocycles. The molecular weight excluding hydrogens is 570 g/mol. The van der Waals surface area contributed by atoms with Crippen LogP contribution < -0.4 is 15.4 Å². The monoisotopic (exact) mass is 602 g/mol. The number of esters is 2. The van der Waals surface area contributed by atoms with E-state index in [1.807, 2.05) is 0 Å². The van der Waals surface area contributed by atoms with Crippen LogP contribution in [0.1, 0.15) is 43.2 Å². The molecule has 3 aromatic carbocycles. The second-order valence-corrected chi connectivity index (χ2v) is 10.3. The lowest BCUT2D eigenvalue weighted by molar-refractivity contribution is -0.152. The summed E-state index contributed by atoms with van der Waals surface area (Å²) < 4.78 is 47.2. The van der Waals surface area contributed by atoms with Crippen molar-refractivity contribution in [2.75, 3.05) is 25.2 Å². The number of methoxy groups -OCH3 is 1. The van der Waals surface area contributed by atoms with Crippen molar-refractivity contribution < 1.29 is 37.4 Å². The summed E-state index contributed by atoms with van der Waals surface area (Å²) in [5.41, 5.74) is 7.19. The van der Waals surface area contributed by atoms with Crippen molar-refractivity contribution >= 4 is 23.4 Å². The van der Waals surface area contributed by atoms with E-state index in [2.05, 4.69) is 0 Å². The van der Waals surface area contributed by atoms with E-state index in [-0.39, 0.29) is 53.5 Å². The summed E-state index contributed by atoms with van der Waals surface area (Å²) in [4.78, 5) is 43.2. The number of para-hydroxylation sites is 1. The molecule has 44 heavy (non-hydrogen) atoms. The van der Waals surface area contributed by atoms with Gasteiger partial charge in [0, 0.05) is 22.8 Å². The largest absolute Gasteiger partial charge is 0.497 e. The second-order valence-electron chi connectivity index (χ2n) is 10.3. The van der Waals surface area contributed by atoms with Crippen molar-refractivity contribution in [2.45, 2.75) is 32.1 Å². The van der Waals surface area contributed by atoms with E-state index in [0.717, 1.165) is 0 Å². The molecule has 3 aromatic rings. The summed E-state index contributed by atoms with van der Waals surface area (Å²) in [5.74, 6) is -6.95. The number of ether oxygens (including phenoxy) is 3. The molecule has 228 valence electrons. The number of nitrogens with two attached hydrogens (primary N) is 1. The highest BCUT2D eigenvalue weighted by Gasteiger charge is 2.52. The van der Waals surface area contributed by atoms with Gasteiger partial charge in [0.25, 0.3) is 0 Å². The van der Waals surface area contributed by atoms with Crippen molar-refractivity contribution in [3.05, 3.63) is 118 Å². The topological polar surface area (TPSA) is 108 Å². The number of benzene rings is 3. The maximum absolute atomic E-state index is 15.6. The molecule has 5 rings (SSSR count). The van der Waals surface area contributed by atoms with Gasteiger partial charge in [0.15, 0.2) is 5.78 Å². The SMILES string of the molecule is CCOC(=O)C1=C(N)N(c2ccccc2F)C2=C(C(=O)[C@@H](C(=O)OCC)[C@@H](c3cccc(OC)c3)C2)[C@@H]1c1ccccc1F. The van der Waals surface area contributed by atoms with Crippen LogP contribution in [-0.2, 0) is 23.9 Å². The van der Waals surface area contributed by atoms with E-state index in [9.17, 15) is 14.4 Å². The zero-order valence-electron chi connectivity index (χ0n) is 24.5. The van der Waals surface area contributed by atoms with E-state index in [4.69, 9.17) is 19.9 Å². The van der Waals surface area contributed by atoms with Crippen molar-refractivity contribution in [1.82, 2.24) is 0 Å². The highest BCUT2D eigenvalue weighted by molar-refractivity contribution is 6.14. The molecule has 0 radical (unpaired) electrons. The van der Waals surface area contributed by atoms with Crippen molar-refractivity contribution in [3.8, 4) is 5.75 Å². The Kier molecular flexibility index (Phi) is 8.80. The molecule has 2 aliphatic rings. The first kappa shape index (κ1) is 30.5. The number of anilines is 1. The van der Waals surface area contributed by atoms with Crippen LogP contribution in [0.3, 0.4) is 0 Å². The third-order valence-corrected chi connectivity index (χ3v) is 7.91. The maximum Gasteiger partial charge on any atom is 0.338 e. The van der Waals surface area contributed by atoms with Crippen LogP contribution in [0.4, 0.5) is 14.5 Å². The van der Waals surface area contributed by atoms with E-state index in [1.165, 1.54) is 48.4 Å². The van der Waals surface area contributed by atoms with Gasteiger partial charge in [-0.2, -0.15) is 0 Å². The molecule has 10 heteroatoms. The van der Waals surface area contributed by atoms with Gasteiger partial charge in [-0.15, -0.1) is 0 Å². The van der Waals surface area contributed by atoms with Gasteiger partial charge < -0.3 is 19.9 Å². The average molecular weight is 603 g/mol. The number of carbonyl (C=O) groups excluding carboxylic acids is 3. The van der Waals surface area contributed by atoms with Crippen LogP contribution in [0.15, 0.2) is 95.5 Å². The first-order chi connectivity index (χ1) is 21.2. The number of allylic oxidation sites excluding steroid dienone is 2. The minimum Gasteiger partial charge on any atom is -0.497 e. The van der Waals surface area contributed by atoms with Gasteiger partial charge in [-0.25, -0.2) is 13.6 Å². The van der Waals surface area contributed by atoms with Crippen LogP contribution >= 0.6 is 0 Å². The molecule has 0 spiro atoms. The third kappa shape index (κ3) is 5.32. The molecule has 0 amide bonds. The number of halogens is 2. The Bertz CT molecular complexity index is 1680. The maximum atomic E-state index is 15.6. The smallest absolute Gasteiger partial charge is 0.338 e. The van der Waals surface area contributed by atoms with E-state index < -0.39 is 47.1 Å². The standard InChI is InChI=1S/C34H32F2N2O6/c1-4-43-33(40)28-22(19-11-10-12-20(17-19)42-3)18-26-29(31(28)39)27(21-13-6-7-14-23(21)35)30(34(41)44-5-2)32(37)38(26)25-16-9-8-15-24(25)36/h6-17,22,27-28H,4-5,18,37H2,1-3H3/t22-,27+,28+/m1/s1. The molecule has 8 nitrogen and oxygen atoms in total. The third-order valence-electron chi connectivity index (χ3n) is 7.91. The Morgan fingerprint density at radius 1 is 0.932 bits per heavy atom. The first-order valence-electron chi connectivity index (χ1n) is 14.3. The highest BCUT2D eigenvalue weighted by atomic mass is 19.1. The predicted octanol–water partition coefficient (Wildman–Crippen LogP) is 5.50. The predicted molar refractivity (Wildman–Crippen MR) is 158 cm³/mol. The molecule has 0 aromatic heterocycles. The van der Waals surface area contributed by atoms with E-state index in [1.54, 1.807) is 50.2 Å². The van der Waals surface area contributed by atoms with Gasteiger partial charge in [-0.1, -0.05) is 42.5 Å². The lowest BCUT2D eigenvalue weighted by atomic mass is 9.66. The lowest BCUT2D eigenvalue weighted by Crippen LogP contribution is -2.47. The van der Waals surface area contributed by atoms with Gasteiger partial charge in [-0.05, 0) is 56.2 Å². The van der Waals surface area contributed by atoms with Crippen LogP contribution in [0.25, 0.3) is 0 Å². The molecule has 0 fully saturated rings. The zero-order valence-corrected chi connectivity index (χ0v) is 24.5. The van der Waals surface area contributed by atoms with E-state index in [0.29, 0.717) is 11.3 Å². The van der Waals surface area contributed by atoms with Gasteiger partial charge in [0.1, 0.15) is 29.1 Å². The summed E-state index contributed by atoms with van der Waals surface area (Å²) in [6, 6.07) is 18.4. The average Bonchev–Trinajstić information content (AvgIpc) is 3.01. The fourth-order valence-electron chi connectivity index (χ4n) is 6.05. The van der Waals surface area contributed by atoms with Gasteiger partial charge in [0.05, 0.1) is 37.5 Å². The fourth-order valence-corrected chi connectivity index (χ4v) is 6.05. The number of carbonyl (C=O) groups is 3. The Morgan fingerprint density at radius 3 is 2.27 bits per heavy atom. The highest BCUT2D eigenvalue weighted by Crippen LogP contribution is 2.52. The normalized spacial score (nSPS) is 19.9. The number of Topliss-reactive ketones (excluding diaryl/α,β-unsaturated/α-hetero) is 1. The van der Waals surface area contributed by atoms with Crippen LogP contribution in [0.5, 0.6) is 5.75 Å². The number of hydrogen-bond donors (Lipinski definition) is 1. The Hall–Kier alpha value is -4.99. The summed E-state index contributed by atoms with van der Waals surface area (Å²) in [6.45, 7) is 3.19. The molecule has 0 saturated carbocycles. The van der Waals surface area contributed by atoms with Crippen molar-refractivity contribution in [3.63, 3.8) is 0 Å². The van der Waals surface area contributed by atoms with Crippen molar-refractivity contribution in [2.24, 2.45) is 11.7 Å². The minimum absolute atomic E-state index is 0.00614. The molecule has 1 aliphatic carbocycles. The fraction of sp³-hybridized carbons (Fsp3) is 0.265. The van der Waals surface area contributed by atoms with Crippen LogP contribution in [0, 0.1) is 17.6 Å². The number of hydrogen-bond acceptors (Lipinski definition) is 8. The zero-order chi connectivity index (χ0) is 31.5. The van der Waals surface area contributed by atoms with Crippen molar-refractivity contribution in [1.29, 1.82) is 0 Å². The summed E-state index contributed by atoms with van der Waals surface area (Å²) >= 11 is 0. The second kappa shape index (κ2) is 12.7. The summed E-state index contributed by atoms with van der Waals surface area (Å²) in [7, 11) is 1.50. The first-order valence-corrected chi connectivity index (χ1v) is 14.3. The Labute approximate surface area is 253 Å². The van der Waals surface area contributed by atoms with Gasteiger partial charge in [-0.3, -0.25) is 14.5 Å².